The number of thiophene rings is 1. The van der Waals surface area contributed by atoms with Crippen molar-refractivity contribution in [3.63, 3.8) is 0 Å². The molecule has 0 spiro atoms. The van der Waals surface area contributed by atoms with Crippen molar-refractivity contribution in [1.29, 1.82) is 0 Å². The average molecular weight is 291 g/mol. The first kappa shape index (κ1) is 13.3. The largest absolute Gasteiger partial charge is 0.397 e. The van der Waals surface area contributed by atoms with E-state index in [1.807, 2.05) is 13.0 Å². The second-order valence-electron chi connectivity index (χ2n) is 4.94. The Morgan fingerprint density at radius 3 is 3.10 bits per heavy atom. The monoisotopic (exact) mass is 291 g/mol. The summed E-state index contributed by atoms with van der Waals surface area (Å²) >= 11 is 1.39. The number of nitrogens with one attached hydrogen (secondary N) is 1. The van der Waals surface area contributed by atoms with Crippen molar-refractivity contribution in [1.82, 2.24) is 10.3 Å². The number of pyridine rings is 1. The summed E-state index contributed by atoms with van der Waals surface area (Å²) in [6.07, 6.45) is 5.47. The Morgan fingerprint density at radius 2 is 2.40 bits per heavy atom. The summed E-state index contributed by atoms with van der Waals surface area (Å²) in [6.45, 7) is 2.71. The van der Waals surface area contributed by atoms with E-state index < -0.39 is 0 Å². The van der Waals surface area contributed by atoms with Crippen LogP contribution in [0.15, 0.2) is 18.5 Å². The average Bonchev–Trinajstić information content (AvgIpc) is 2.74. The van der Waals surface area contributed by atoms with Gasteiger partial charge < -0.3 is 15.8 Å². The number of rotatable bonds is 4. The van der Waals surface area contributed by atoms with Gasteiger partial charge in [-0.1, -0.05) is 0 Å². The van der Waals surface area contributed by atoms with Gasteiger partial charge in [-0.15, -0.1) is 11.3 Å². The molecule has 2 heterocycles. The van der Waals surface area contributed by atoms with Crippen LogP contribution in [0, 0.1) is 0 Å². The Balaban J connectivity index is 1.69. The molecule has 3 N–H and O–H groups in total. The third-order valence-corrected chi connectivity index (χ3v) is 4.72. The number of hydrogen-bond acceptors (Lipinski definition) is 5. The number of hydrogen-bond donors (Lipinski definition) is 2. The summed E-state index contributed by atoms with van der Waals surface area (Å²) in [5.41, 5.74) is 6.59. The standard InChI is InChI=1S/C14H17N3O2S/c1-2-19-9-5-8(6-9)17-14(18)13-12(15)10-3-4-16-7-11(10)20-13/h3-4,7-9H,2,5-6,15H2,1H3,(H,17,18). The van der Waals surface area contributed by atoms with Crippen molar-refractivity contribution in [2.24, 2.45) is 0 Å². The topological polar surface area (TPSA) is 77.2 Å². The van der Waals surface area contributed by atoms with Gasteiger partial charge in [0.15, 0.2) is 0 Å². The van der Waals surface area contributed by atoms with Crippen LogP contribution in [0.25, 0.3) is 10.1 Å². The fraction of sp³-hybridized carbons (Fsp3) is 0.429. The minimum absolute atomic E-state index is 0.0938. The molecule has 0 aliphatic heterocycles. The quantitative estimate of drug-likeness (QED) is 0.905. The fourth-order valence-electron chi connectivity index (χ4n) is 2.45. The zero-order valence-corrected chi connectivity index (χ0v) is 12.1. The number of carbonyl (C=O) groups is 1. The van der Waals surface area contributed by atoms with Crippen LogP contribution in [0.3, 0.4) is 0 Å². The Hall–Kier alpha value is -1.66. The lowest BCUT2D eigenvalue weighted by molar-refractivity contribution is -0.00858. The summed E-state index contributed by atoms with van der Waals surface area (Å²) < 4.78 is 6.43. The van der Waals surface area contributed by atoms with Crippen LogP contribution in [0.1, 0.15) is 29.4 Å². The predicted molar refractivity (Wildman–Crippen MR) is 79.9 cm³/mol. The third-order valence-electron chi connectivity index (χ3n) is 3.57. The van der Waals surface area contributed by atoms with Gasteiger partial charge in [-0.2, -0.15) is 0 Å². The summed E-state index contributed by atoms with van der Waals surface area (Å²) in [7, 11) is 0. The van der Waals surface area contributed by atoms with E-state index in [-0.39, 0.29) is 18.1 Å². The van der Waals surface area contributed by atoms with Crippen molar-refractivity contribution in [3.05, 3.63) is 23.3 Å². The Morgan fingerprint density at radius 1 is 1.60 bits per heavy atom. The van der Waals surface area contributed by atoms with Gasteiger partial charge >= 0.3 is 0 Å². The maximum absolute atomic E-state index is 12.3. The van der Waals surface area contributed by atoms with Crippen molar-refractivity contribution in [2.75, 3.05) is 12.3 Å². The molecule has 106 valence electrons. The first-order valence-electron chi connectivity index (χ1n) is 6.73. The van der Waals surface area contributed by atoms with E-state index in [9.17, 15) is 4.79 Å². The lowest BCUT2D eigenvalue weighted by Gasteiger charge is -2.35. The molecule has 5 nitrogen and oxygen atoms in total. The Kier molecular flexibility index (Phi) is 3.58. The summed E-state index contributed by atoms with van der Waals surface area (Å²) in [5, 5.41) is 3.91. The van der Waals surface area contributed by atoms with Crippen LogP contribution in [-0.4, -0.2) is 29.6 Å². The van der Waals surface area contributed by atoms with Crippen LogP contribution in [0.5, 0.6) is 0 Å². The number of amides is 1. The normalized spacial score (nSPS) is 21.6. The van der Waals surface area contributed by atoms with Gasteiger partial charge in [0.25, 0.3) is 5.91 Å². The lowest BCUT2D eigenvalue weighted by Crippen LogP contribution is -2.47. The molecule has 0 bridgehead atoms. The molecule has 2 aromatic heterocycles. The number of aromatic nitrogens is 1. The highest BCUT2D eigenvalue weighted by molar-refractivity contribution is 7.21. The molecule has 1 saturated carbocycles. The van der Waals surface area contributed by atoms with Crippen LogP contribution >= 0.6 is 11.3 Å². The summed E-state index contributed by atoms with van der Waals surface area (Å²) in [5.74, 6) is -0.0938. The highest BCUT2D eigenvalue weighted by Gasteiger charge is 2.31. The number of nitrogen functional groups attached to an aromatic ring is 1. The molecule has 1 fully saturated rings. The predicted octanol–water partition coefficient (Wildman–Crippen LogP) is 2.18. The van der Waals surface area contributed by atoms with Gasteiger partial charge in [-0.05, 0) is 25.8 Å². The van der Waals surface area contributed by atoms with Gasteiger partial charge in [0.2, 0.25) is 0 Å². The molecule has 6 heteroatoms. The number of ether oxygens (including phenoxy) is 1. The highest BCUT2D eigenvalue weighted by Crippen LogP contribution is 2.33. The van der Waals surface area contributed by atoms with E-state index in [2.05, 4.69) is 10.3 Å². The molecular formula is C14H17N3O2S. The van der Waals surface area contributed by atoms with Crippen LogP contribution in [0.2, 0.25) is 0 Å². The zero-order valence-electron chi connectivity index (χ0n) is 11.3. The number of nitrogens with two attached hydrogens (primary N) is 1. The minimum atomic E-state index is -0.0938. The second kappa shape index (κ2) is 5.38. The number of anilines is 1. The molecule has 0 unspecified atom stereocenters. The summed E-state index contributed by atoms with van der Waals surface area (Å²) in [6, 6.07) is 2.04. The van der Waals surface area contributed by atoms with E-state index in [1.54, 1.807) is 12.4 Å². The first-order chi connectivity index (χ1) is 9.69. The second-order valence-corrected chi connectivity index (χ2v) is 5.99. The maximum atomic E-state index is 12.3. The van der Waals surface area contributed by atoms with Gasteiger partial charge in [0.05, 0.1) is 16.5 Å². The van der Waals surface area contributed by atoms with E-state index in [1.165, 1.54) is 11.3 Å². The lowest BCUT2D eigenvalue weighted by atomic mass is 9.89. The summed E-state index contributed by atoms with van der Waals surface area (Å²) in [4.78, 5) is 16.9. The maximum Gasteiger partial charge on any atom is 0.263 e. The van der Waals surface area contributed by atoms with Crippen LogP contribution in [-0.2, 0) is 4.74 Å². The molecule has 0 atom stereocenters. The molecule has 2 aromatic rings. The van der Waals surface area contributed by atoms with Crippen molar-refractivity contribution < 1.29 is 9.53 Å². The van der Waals surface area contributed by atoms with Crippen LogP contribution in [0.4, 0.5) is 5.69 Å². The van der Waals surface area contributed by atoms with Gasteiger partial charge in [0, 0.05) is 30.4 Å². The SMILES string of the molecule is CCOC1CC(NC(=O)c2sc3cnccc3c2N)C1. The Labute approximate surface area is 121 Å². The molecule has 3 rings (SSSR count). The van der Waals surface area contributed by atoms with Crippen molar-refractivity contribution >= 4 is 33.0 Å². The highest BCUT2D eigenvalue weighted by atomic mass is 32.1. The minimum Gasteiger partial charge on any atom is -0.397 e. The fourth-order valence-corrected chi connectivity index (χ4v) is 3.44. The molecule has 1 amide bonds. The van der Waals surface area contributed by atoms with Crippen molar-refractivity contribution in [2.45, 2.75) is 31.9 Å². The third kappa shape index (κ3) is 2.36. The Bertz CT molecular complexity index is 634. The van der Waals surface area contributed by atoms with E-state index in [0.29, 0.717) is 10.6 Å². The van der Waals surface area contributed by atoms with Gasteiger partial charge in [0.1, 0.15) is 4.88 Å². The molecule has 1 aliphatic rings. The molecule has 0 radical (unpaired) electrons. The molecule has 0 saturated heterocycles. The number of nitrogens with zero attached hydrogens (tertiary/aromatic N) is 1. The molecule has 1 aliphatic carbocycles. The number of fused-ring (bicyclic) bond motifs is 1. The smallest absolute Gasteiger partial charge is 0.263 e. The molecular weight excluding hydrogens is 274 g/mol. The van der Waals surface area contributed by atoms with Crippen LogP contribution < -0.4 is 11.1 Å². The van der Waals surface area contributed by atoms with E-state index in [0.717, 1.165) is 29.5 Å². The number of carbonyl (C=O) groups excluding carboxylic acids is 1. The molecule has 20 heavy (non-hydrogen) atoms. The first-order valence-corrected chi connectivity index (χ1v) is 7.55. The molecule has 0 aromatic carbocycles. The van der Waals surface area contributed by atoms with E-state index >= 15 is 0 Å². The van der Waals surface area contributed by atoms with Gasteiger partial charge in [-0.25, -0.2) is 0 Å². The van der Waals surface area contributed by atoms with Gasteiger partial charge in [-0.3, -0.25) is 9.78 Å². The van der Waals surface area contributed by atoms with Crippen molar-refractivity contribution in [3.8, 4) is 0 Å². The zero-order chi connectivity index (χ0) is 14.1. The van der Waals surface area contributed by atoms with E-state index in [4.69, 9.17) is 10.5 Å².